The smallest absolute Gasteiger partial charge is 0.321 e. The van der Waals surface area contributed by atoms with Gasteiger partial charge in [-0.05, 0) is 42.3 Å². The molecule has 0 unspecified atom stereocenters. The van der Waals surface area contributed by atoms with Gasteiger partial charge in [-0.25, -0.2) is 4.79 Å². The van der Waals surface area contributed by atoms with E-state index in [-0.39, 0.29) is 11.9 Å². The summed E-state index contributed by atoms with van der Waals surface area (Å²) in [6, 6.07) is 14.9. The van der Waals surface area contributed by atoms with Crippen LogP contribution in [0.15, 0.2) is 48.5 Å². The molecule has 0 aromatic heterocycles. The van der Waals surface area contributed by atoms with E-state index >= 15 is 0 Å². The molecular formula is C20H21N3O3. The van der Waals surface area contributed by atoms with Gasteiger partial charge in [-0.3, -0.25) is 4.79 Å². The van der Waals surface area contributed by atoms with E-state index in [1.165, 1.54) is 0 Å². The number of likely N-dealkylation sites (N-methyl/N-ethyl adjacent to an activating group) is 1. The van der Waals surface area contributed by atoms with Crippen molar-refractivity contribution < 1.29 is 14.3 Å². The summed E-state index contributed by atoms with van der Waals surface area (Å²) in [6.07, 6.45) is 0.642. The van der Waals surface area contributed by atoms with Gasteiger partial charge in [-0.15, -0.1) is 0 Å². The molecule has 2 aromatic carbocycles. The number of urea groups is 1. The lowest BCUT2D eigenvalue weighted by Crippen LogP contribution is -2.42. The Hall–Kier alpha value is -3.02. The Balaban J connectivity index is 1.53. The lowest BCUT2D eigenvalue weighted by atomic mass is 9.81. The van der Waals surface area contributed by atoms with Crippen LogP contribution in [0.4, 0.5) is 16.2 Å². The molecule has 0 radical (unpaired) electrons. The quantitative estimate of drug-likeness (QED) is 0.905. The molecule has 6 heteroatoms. The first-order valence-electron chi connectivity index (χ1n) is 8.63. The van der Waals surface area contributed by atoms with Crippen LogP contribution >= 0.6 is 0 Å². The van der Waals surface area contributed by atoms with Crippen LogP contribution in [0.25, 0.3) is 0 Å². The average Bonchev–Trinajstić information content (AvgIpc) is 3.21. The van der Waals surface area contributed by atoms with Crippen LogP contribution in [0, 0.1) is 0 Å². The van der Waals surface area contributed by atoms with Gasteiger partial charge in [0.15, 0.2) is 0 Å². The molecule has 0 bridgehead atoms. The number of para-hydroxylation sites is 1. The Bertz CT molecular complexity index is 865. The minimum absolute atomic E-state index is 0.0680. The van der Waals surface area contributed by atoms with E-state index in [2.05, 4.69) is 5.32 Å². The van der Waals surface area contributed by atoms with Crippen LogP contribution in [-0.2, 0) is 10.2 Å². The number of nitrogens with zero attached hydrogens (tertiary/aromatic N) is 2. The minimum atomic E-state index is -0.622. The second-order valence-electron chi connectivity index (χ2n) is 6.79. The summed E-state index contributed by atoms with van der Waals surface area (Å²) in [5, 5.41) is 2.90. The molecular weight excluding hydrogens is 330 g/mol. The van der Waals surface area contributed by atoms with Crippen LogP contribution in [0.1, 0.15) is 12.0 Å². The lowest BCUT2D eigenvalue weighted by molar-refractivity contribution is -0.122. The summed E-state index contributed by atoms with van der Waals surface area (Å²) in [7, 11) is 3.40. The van der Waals surface area contributed by atoms with E-state index in [1.54, 1.807) is 48.2 Å². The van der Waals surface area contributed by atoms with Crippen LogP contribution in [0.2, 0.25) is 0 Å². The SMILES string of the molecule is COc1ccc(NC(=O)N2CC[C@]3(C2)C(=O)N(C)c2ccccc23)cc1. The molecule has 2 aromatic rings. The molecule has 1 saturated heterocycles. The first kappa shape index (κ1) is 16.4. The van der Waals surface area contributed by atoms with Crippen molar-refractivity contribution in [2.24, 2.45) is 0 Å². The van der Waals surface area contributed by atoms with E-state index < -0.39 is 5.41 Å². The Labute approximate surface area is 152 Å². The lowest BCUT2D eigenvalue weighted by Gasteiger charge is -2.23. The number of hydrogen-bond acceptors (Lipinski definition) is 3. The maximum Gasteiger partial charge on any atom is 0.321 e. The van der Waals surface area contributed by atoms with Crippen LogP contribution in [0.3, 0.4) is 0 Å². The highest BCUT2D eigenvalue weighted by atomic mass is 16.5. The normalized spacial score (nSPS) is 21.2. The number of nitrogens with one attached hydrogen (secondary N) is 1. The van der Waals surface area contributed by atoms with Crippen molar-refractivity contribution in [3.8, 4) is 5.75 Å². The fourth-order valence-electron chi connectivity index (χ4n) is 3.97. The number of likely N-dealkylation sites (tertiary alicyclic amines) is 1. The van der Waals surface area contributed by atoms with Crippen LogP contribution < -0.4 is 15.0 Å². The van der Waals surface area contributed by atoms with Crippen LogP contribution in [-0.4, -0.2) is 44.1 Å². The van der Waals surface area contributed by atoms with Gasteiger partial charge in [-0.2, -0.15) is 0 Å². The minimum Gasteiger partial charge on any atom is -0.497 e. The van der Waals surface area contributed by atoms with Crippen molar-refractivity contribution in [3.63, 3.8) is 0 Å². The predicted octanol–water partition coefficient (Wildman–Crippen LogP) is 2.85. The zero-order valence-corrected chi connectivity index (χ0v) is 14.9. The Morgan fingerprint density at radius 1 is 1.15 bits per heavy atom. The molecule has 26 heavy (non-hydrogen) atoms. The number of hydrogen-bond donors (Lipinski definition) is 1. The number of ether oxygens (including phenoxy) is 1. The topological polar surface area (TPSA) is 61.9 Å². The first-order chi connectivity index (χ1) is 12.5. The summed E-state index contributed by atoms with van der Waals surface area (Å²) in [5.41, 5.74) is 2.04. The molecule has 1 atom stereocenters. The fraction of sp³-hybridized carbons (Fsp3) is 0.300. The molecule has 1 N–H and O–H groups in total. The van der Waals surface area contributed by atoms with E-state index in [0.717, 1.165) is 17.0 Å². The molecule has 1 fully saturated rings. The Kier molecular flexibility index (Phi) is 3.83. The van der Waals surface area contributed by atoms with Gasteiger partial charge in [0.1, 0.15) is 5.75 Å². The van der Waals surface area contributed by atoms with Gasteiger partial charge in [-0.1, -0.05) is 18.2 Å². The number of rotatable bonds is 2. The standard InChI is InChI=1S/C20H21N3O3/c1-22-17-6-4-3-5-16(17)20(18(22)24)11-12-23(13-20)19(25)21-14-7-9-15(26-2)10-8-14/h3-10H,11-13H2,1-2H3,(H,21,25)/t20-/m1/s1. The molecule has 2 heterocycles. The number of anilines is 2. The number of amides is 3. The number of carbonyl (C=O) groups excluding carboxylic acids is 2. The molecule has 3 amide bonds. The summed E-state index contributed by atoms with van der Waals surface area (Å²) in [4.78, 5) is 29.0. The van der Waals surface area contributed by atoms with E-state index in [4.69, 9.17) is 4.74 Å². The molecule has 134 valence electrons. The molecule has 1 spiro atoms. The molecule has 0 saturated carbocycles. The van der Waals surface area contributed by atoms with E-state index in [0.29, 0.717) is 25.2 Å². The molecule has 6 nitrogen and oxygen atoms in total. The predicted molar refractivity (Wildman–Crippen MR) is 99.7 cm³/mol. The van der Waals surface area contributed by atoms with Gasteiger partial charge < -0.3 is 19.9 Å². The van der Waals surface area contributed by atoms with E-state index in [1.807, 2.05) is 24.3 Å². The number of benzene rings is 2. The van der Waals surface area contributed by atoms with Crippen molar-refractivity contribution in [2.45, 2.75) is 11.8 Å². The highest BCUT2D eigenvalue weighted by Crippen LogP contribution is 2.46. The number of carbonyl (C=O) groups is 2. The molecule has 2 aliphatic heterocycles. The molecule has 0 aliphatic carbocycles. The average molecular weight is 351 g/mol. The number of fused-ring (bicyclic) bond motifs is 2. The second-order valence-corrected chi connectivity index (χ2v) is 6.79. The summed E-state index contributed by atoms with van der Waals surface area (Å²) in [6.45, 7) is 0.949. The van der Waals surface area contributed by atoms with E-state index in [9.17, 15) is 9.59 Å². The van der Waals surface area contributed by atoms with Gasteiger partial charge in [0.2, 0.25) is 5.91 Å². The third kappa shape index (κ3) is 2.41. The van der Waals surface area contributed by atoms with Crippen LogP contribution in [0.5, 0.6) is 5.75 Å². The van der Waals surface area contributed by atoms with Crippen molar-refractivity contribution in [1.29, 1.82) is 0 Å². The van der Waals surface area contributed by atoms with Crippen molar-refractivity contribution >= 4 is 23.3 Å². The molecule has 4 rings (SSSR count). The van der Waals surface area contributed by atoms with Gasteiger partial charge in [0.05, 0.1) is 12.5 Å². The van der Waals surface area contributed by atoms with Gasteiger partial charge >= 0.3 is 6.03 Å². The fourth-order valence-corrected chi connectivity index (χ4v) is 3.97. The second kappa shape index (κ2) is 6.05. The summed E-state index contributed by atoms with van der Waals surface area (Å²) in [5.74, 6) is 0.803. The first-order valence-corrected chi connectivity index (χ1v) is 8.63. The third-order valence-electron chi connectivity index (χ3n) is 5.39. The zero-order chi connectivity index (χ0) is 18.3. The maximum absolute atomic E-state index is 12.9. The Morgan fingerprint density at radius 2 is 1.88 bits per heavy atom. The van der Waals surface area contributed by atoms with Crippen molar-refractivity contribution in [3.05, 3.63) is 54.1 Å². The maximum atomic E-state index is 12.9. The highest BCUT2D eigenvalue weighted by Gasteiger charge is 2.54. The summed E-state index contributed by atoms with van der Waals surface area (Å²) >= 11 is 0. The highest BCUT2D eigenvalue weighted by molar-refractivity contribution is 6.08. The van der Waals surface area contributed by atoms with Crippen molar-refractivity contribution in [1.82, 2.24) is 4.90 Å². The third-order valence-corrected chi connectivity index (χ3v) is 5.39. The monoisotopic (exact) mass is 351 g/mol. The van der Waals surface area contributed by atoms with Crippen molar-refractivity contribution in [2.75, 3.05) is 37.5 Å². The van der Waals surface area contributed by atoms with Gasteiger partial charge in [0.25, 0.3) is 0 Å². The molecule has 2 aliphatic rings. The van der Waals surface area contributed by atoms with Gasteiger partial charge in [0, 0.05) is 31.5 Å². The zero-order valence-electron chi connectivity index (χ0n) is 14.9. The number of methoxy groups -OCH3 is 1. The largest absolute Gasteiger partial charge is 0.497 e. The summed E-state index contributed by atoms with van der Waals surface area (Å²) < 4.78 is 5.13. The Morgan fingerprint density at radius 3 is 2.62 bits per heavy atom.